The predicted octanol–water partition coefficient (Wildman–Crippen LogP) is 2.67. The number of rotatable bonds is 8. The minimum absolute atomic E-state index is 0.0572. The number of anilines is 2. The second kappa shape index (κ2) is 10.1. The number of hydrogen-bond acceptors (Lipinski definition) is 5. The second-order valence-corrected chi connectivity index (χ2v) is 9.72. The van der Waals surface area contributed by atoms with Crippen LogP contribution in [0.3, 0.4) is 0 Å². The van der Waals surface area contributed by atoms with E-state index < -0.39 is 10.0 Å². The second-order valence-electron chi connectivity index (χ2n) is 7.78. The maximum absolute atomic E-state index is 12.6. The number of primary amides is 1. The topological polar surface area (TPSA) is 113 Å². The number of nitrogens with zero attached hydrogens (tertiary/aromatic N) is 2. The Labute approximate surface area is 189 Å². The molecule has 1 aliphatic rings. The molecule has 172 valence electrons. The van der Waals surface area contributed by atoms with Crippen LogP contribution >= 0.6 is 0 Å². The summed E-state index contributed by atoms with van der Waals surface area (Å²) in [7, 11) is -3.56. The van der Waals surface area contributed by atoms with Crippen LogP contribution in [0.2, 0.25) is 0 Å². The van der Waals surface area contributed by atoms with Crippen LogP contribution in [-0.4, -0.2) is 50.7 Å². The van der Waals surface area contributed by atoms with Crippen LogP contribution in [0.5, 0.6) is 0 Å². The molecule has 0 aromatic heterocycles. The fourth-order valence-electron chi connectivity index (χ4n) is 3.87. The molecule has 0 saturated carbocycles. The molecular weight excluding hydrogens is 428 g/mol. The van der Waals surface area contributed by atoms with Crippen LogP contribution < -0.4 is 16.0 Å². The quantitative estimate of drug-likeness (QED) is 0.631. The van der Waals surface area contributed by atoms with Gasteiger partial charge in [0.15, 0.2) is 0 Å². The Morgan fingerprint density at radius 2 is 1.56 bits per heavy atom. The summed E-state index contributed by atoms with van der Waals surface area (Å²) in [5.74, 6) is -0.605. The van der Waals surface area contributed by atoms with Crippen molar-refractivity contribution in [2.75, 3.05) is 36.4 Å². The number of nitrogens with one attached hydrogen (secondary N) is 1. The molecule has 2 aromatic carbocycles. The highest BCUT2D eigenvalue weighted by Crippen LogP contribution is 2.25. The first-order chi connectivity index (χ1) is 15.3. The van der Waals surface area contributed by atoms with E-state index in [9.17, 15) is 18.0 Å². The number of hydrogen-bond donors (Lipinski definition) is 2. The van der Waals surface area contributed by atoms with Gasteiger partial charge in [-0.05, 0) is 61.4 Å². The van der Waals surface area contributed by atoms with Crippen molar-refractivity contribution < 1.29 is 18.0 Å². The van der Waals surface area contributed by atoms with E-state index in [0.717, 1.165) is 31.6 Å². The summed E-state index contributed by atoms with van der Waals surface area (Å²) < 4.78 is 26.5. The number of benzene rings is 2. The summed E-state index contributed by atoms with van der Waals surface area (Å²) in [4.78, 5) is 26.3. The van der Waals surface area contributed by atoms with E-state index in [4.69, 9.17) is 5.73 Å². The zero-order valence-corrected chi connectivity index (χ0v) is 19.3. The van der Waals surface area contributed by atoms with Crippen LogP contribution in [0, 0.1) is 5.92 Å². The van der Waals surface area contributed by atoms with Crippen molar-refractivity contribution in [3.05, 3.63) is 54.1 Å². The van der Waals surface area contributed by atoms with Gasteiger partial charge in [-0.1, -0.05) is 13.8 Å². The minimum atomic E-state index is -3.56. The number of piperidine rings is 1. The Hall–Kier alpha value is -2.91. The van der Waals surface area contributed by atoms with Gasteiger partial charge in [0, 0.05) is 49.0 Å². The molecule has 3 rings (SSSR count). The summed E-state index contributed by atoms with van der Waals surface area (Å²) in [6.07, 6.45) is 1.49. The summed E-state index contributed by atoms with van der Waals surface area (Å²) in [6.45, 7) is 5.89. The van der Waals surface area contributed by atoms with E-state index in [2.05, 4.69) is 10.2 Å². The summed E-state index contributed by atoms with van der Waals surface area (Å²) in [5.41, 5.74) is 7.44. The van der Waals surface area contributed by atoms with Crippen LogP contribution in [0.1, 0.15) is 37.0 Å². The molecule has 1 aliphatic heterocycles. The van der Waals surface area contributed by atoms with Gasteiger partial charge in [-0.3, -0.25) is 9.59 Å². The van der Waals surface area contributed by atoms with E-state index in [1.807, 2.05) is 24.3 Å². The average molecular weight is 459 g/mol. The van der Waals surface area contributed by atoms with Crippen molar-refractivity contribution in [1.82, 2.24) is 4.31 Å². The normalized spacial score (nSPS) is 15.0. The Kier molecular flexibility index (Phi) is 7.52. The maximum Gasteiger partial charge on any atom is 0.255 e. The van der Waals surface area contributed by atoms with Gasteiger partial charge in [0.2, 0.25) is 15.9 Å². The molecule has 0 spiro atoms. The van der Waals surface area contributed by atoms with E-state index in [1.54, 1.807) is 13.8 Å². The van der Waals surface area contributed by atoms with Crippen molar-refractivity contribution in [2.24, 2.45) is 11.7 Å². The lowest BCUT2D eigenvalue weighted by molar-refractivity contribution is -0.122. The van der Waals surface area contributed by atoms with Crippen LogP contribution in [-0.2, 0) is 14.8 Å². The molecule has 0 aliphatic carbocycles. The molecule has 0 bridgehead atoms. The van der Waals surface area contributed by atoms with Gasteiger partial charge >= 0.3 is 0 Å². The Bertz CT molecular complexity index is 1040. The third-order valence-electron chi connectivity index (χ3n) is 5.85. The third kappa shape index (κ3) is 5.28. The van der Waals surface area contributed by atoms with E-state index in [0.29, 0.717) is 24.3 Å². The molecule has 0 radical (unpaired) electrons. The summed E-state index contributed by atoms with van der Waals surface area (Å²) in [6, 6.07) is 13.5. The summed E-state index contributed by atoms with van der Waals surface area (Å²) in [5, 5.41) is 2.84. The lowest BCUT2D eigenvalue weighted by Gasteiger charge is -2.32. The molecule has 32 heavy (non-hydrogen) atoms. The Balaban J connectivity index is 1.62. The number of sulfonamides is 1. The molecule has 2 amide bonds. The van der Waals surface area contributed by atoms with E-state index >= 15 is 0 Å². The lowest BCUT2D eigenvalue weighted by Crippen LogP contribution is -2.38. The van der Waals surface area contributed by atoms with E-state index in [-0.39, 0.29) is 22.6 Å². The van der Waals surface area contributed by atoms with Gasteiger partial charge < -0.3 is 16.0 Å². The predicted molar refractivity (Wildman–Crippen MR) is 125 cm³/mol. The maximum atomic E-state index is 12.6. The molecule has 1 heterocycles. The molecule has 9 heteroatoms. The first kappa shape index (κ1) is 23.7. The van der Waals surface area contributed by atoms with E-state index in [1.165, 1.54) is 28.6 Å². The van der Waals surface area contributed by atoms with Gasteiger partial charge in [-0.25, -0.2) is 8.42 Å². The van der Waals surface area contributed by atoms with Gasteiger partial charge in [-0.15, -0.1) is 0 Å². The van der Waals surface area contributed by atoms with Crippen molar-refractivity contribution in [2.45, 2.75) is 31.6 Å². The van der Waals surface area contributed by atoms with Crippen LogP contribution in [0.15, 0.2) is 53.4 Å². The highest BCUT2D eigenvalue weighted by atomic mass is 32.2. The highest BCUT2D eigenvalue weighted by molar-refractivity contribution is 7.89. The molecule has 2 aromatic rings. The Morgan fingerprint density at radius 3 is 2.06 bits per heavy atom. The number of carbonyl (C=O) groups is 2. The van der Waals surface area contributed by atoms with Crippen molar-refractivity contribution in [1.29, 1.82) is 0 Å². The fraction of sp³-hybridized carbons (Fsp3) is 0.391. The molecule has 3 N–H and O–H groups in total. The van der Waals surface area contributed by atoms with Gasteiger partial charge in [-0.2, -0.15) is 4.31 Å². The van der Waals surface area contributed by atoms with Crippen molar-refractivity contribution in [3.8, 4) is 0 Å². The van der Waals surface area contributed by atoms with Gasteiger partial charge in [0.05, 0.1) is 4.90 Å². The molecule has 0 atom stereocenters. The summed E-state index contributed by atoms with van der Waals surface area (Å²) >= 11 is 0. The lowest BCUT2D eigenvalue weighted by atomic mass is 9.96. The van der Waals surface area contributed by atoms with Crippen molar-refractivity contribution >= 4 is 33.2 Å². The SMILES string of the molecule is CCN(CC)S(=O)(=O)c1ccc(C(=O)Nc2ccc(N3CCC(C(N)=O)CC3)cc2)cc1. The molecular formula is C23H30N4O4S. The molecule has 1 saturated heterocycles. The smallest absolute Gasteiger partial charge is 0.255 e. The Morgan fingerprint density at radius 1 is 1.00 bits per heavy atom. The fourth-order valence-corrected chi connectivity index (χ4v) is 5.33. The number of amides is 2. The molecule has 0 unspecified atom stereocenters. The molecule has 1 fully saturated rings. The first-order valence-corrected chi connectivity index (χ1v) is 12.3. The standard InChI is InChI=1S/C23H30N4O4S/c1-3-27(4-2)32(30,31)21-11-5-18(6-12-21)23(29)25-19-7-9-20(10-8-19)26-15-13-17(14-16-26)22(24)28/h5-12,17H,3-4,13-16H2,1-2H3,(H2,24,28)(H,25,29). The minimum Gasteiger partial charge on any atom is -0.371 e. The highest BCUT2D eigenvalue weighted by Gasteiger charge is 2.23. The average Bonchev–Trinajstić information content (AvgIpc) is 2.80. The zero-order valence-electron chi connectivity index (χ0n) is 18.5. The monoisotopic (exact) mass is 458 g/mol. The molecule has 8 nitrogen and oxygen atoms in total. The van der Waals surface area contributed by atoms with Crippen LogP contribution in [0.25, 0.3) is 0 Å². The largest absolute Gasteiger partial charge is 0.371 e. The van der Waals surface area contributed by atoms with Gasteiger partial charge in [0.25, 0.3) is 5.91 Å². The van der Waals surface area contributed by atoms with Crippen LogP contribution in [0.4, 0.5) is 11.4 Å². The van der Waals surface area contributed by atoms with Crippen molar-refractivity contribution in [3.63, 3.8) is 0 Å². The first-order valence-electron chi connectivity index (χ1n) is 10.8. The zero-order chi connectivity index (χ0) is 23.3. The third-order valence-corrected chi connectivity index (χ3v) is 7.91. The number of carbonyl (C=O) groups excluding carboxylic acids is 2. The number of nitrogens with two attached hydrogens (primary N) is 1. The van der Waals surface area contributed by atoms with Gasteiger partial charge in [0.1, 0.15) is 0 Å².